The number of urea groups is 1. The van der Waals surface area contributed by atoms with Crippen LogP contribution >= 0.6 is 0 Å². The van der Waals surface area contributed by atoms with E-state index in [2.05, 4.69) is 36.4 Å². The summed E-state index contributed by atoms with van der Waals surface area (Å²) in [6.07, 6.45) is 2.85. The first-order valence-electron chi connectivity index (χ1n) is 7.37. The van der Waals surface area contributed by atoms with Crippen molar-refractivity contribution >= 4 is 12.0 Å². The van der Waals surface area contributed by atoms with Gasteiger partial charge in [-0.3, -0.25) is 4.79 Å². The van der Waals surface area contributed by atoms with Gasteiger partial charge >= 0.3 is 12.0 Å². The molecule has 0 saturated heterocycles. The number of carboxylic acids is 1. The molecule has 0 spiro atoms. The smallest absolute Gasteiger partial charge is 0.315 e. The van der Waals surface area contributed by atoms with Gasteiger partial charge in [0.25, 0.3) is 0 Å². The minimum atomic E-state index is -0.758. The summed E-state index contributed by atoms with van der Waals surface area (Å²) < 4.78 is 0. The maximum absolute atomic E-state index is 11.7. The summed E-state index contributed by atoms with van der Waals surface area (Å²) in [4.78, 5) is 24.7. The van der Waals surface area contributed by atoms with Crippen molar-refractivity contribution in [3.05, 3.63) is 0 Å². The van der Waals surface area contributed by atoms with Crippen molar-refractivity contribution in [3.63, 3.8) is 0 Å². The Bertz CT molecular complexity index is 334. The number of carbonyl (C=O) groups excluding carboxylic acids is 1. The van der Waals surface area contributed by atoms with Gasteiger partial charge in [0.05, 0.1) is 5.92 Å². The van der Waals surface area contributed by atoms with E-state index >= 15 is 0 Å². The lowest BCUT2D eigenvalue weighted by molar-refractivity contribution is -0.141. The van der Waals surface area contributed by atoms with Gasteiger partial charge in [-0.05, 0) is 53.1 Å². The molecule has 1 saturated carbocycles. The highest BCUT2D eigenvalue weighted by atomic mass is 16.4. The quantitative estimate of drug-likeness (QED) is 0.615. The van der Waals surface area contributed by atoms with Crippen LogP contribution in [-0.4, -0.2) is 54.2 Å². The summed E-state index contributed by atoms with van der Waals surface area (Å²) >= 11 is 0. The highest BCUT2D eigenvalue weighted by Gasteiger charge is 2.30. The van der Waals surface area contributed by atoms with E-state index in [9.17, 15) is 9.59 Å². The third kappa shape index (κ3) is 5.77. The number of carboxylic acid groups (broad SMARTS) is 1. The predicted octanol–water partition coefficient (Wildman–Crippen LogP) is 1.27. The molecule has 6 nitrogen and oxygen atoms in total. The van der Waals surface area contributed by atoms with E-state index in [4.69, 9.17) is 5.11 Å². The van der Waals surface area contributed by atoms with Crippen LogP contribution in [0.5, 0.6) is 0 Å². The number of nitrogens with zero attached hydrogens (tertiary/aromatic N) is 1. The summed E-state index contributed by atoms with van der Waals surface area (Å²) in [5.41, 5.74) is 0. The Kier molecular flexibility index (Phi) is 6.78. The fraction of sp³-hybridized carbons (Fsp3) is 0.857. The number of amides is 2. The van der Waals surface area contributed by atoms with Crippen LogP contribution in [0.4, 0.5) is 4.79 Å². The Hall–Kier alpha value is -1.30. The van der Waals surface area contributed by atoms with Crippen molar-refractivity contribution in [3.8, 4) is 0 Å². The first-order valence-corrected chi connectivity index (χ1v) is 7.37. The summed E-state index contributed by atoms with van der Waals surface area (Å²) in [6.45, 7) is 5.86. The molecule has 0 aromatic carbocycles. The number of hydrogen-bond donors (Lipinski definition) is 3. The van der Waals surface area contributed by atoms with Gasteiger partial charge in [0, 0.05) is 18.6 Å². The lowest BCUT2D eigenvalue weighted by Crippen LogP contribution is -2.42. The van der Waals surface area contributed by atoms with Crippen molar-refractivity contribution in [1.29, 1.82) is 0 Å². The maximum Gasteiger partial charge on any atom is 0.315 e. The standard InChI is InChI=1S/C14H27N3O3/c1-10(2)17(3)8-4-7-15-14(20)16-12-6-5-11(9-12)13(18)19/h10-12H,4-9H2,1-3H3,(H,18,19)(H2,15,16,20)/t11-,12+/m1/s1. The zero-order valence-electron chi connectivity index (χ0n) is 12.7. The third-order valence-corrected chi connectivity index (χ3v) is 3.97. The number of nitrogens with one attached hydrogen (secondary N) is 2. The Morgan fingerprint density at radius 1 is 1.35 bits per heavy atom. The summed E-state index contributed by atoms with van der Waals surface area (Å²) in [7, 11) is 2.06. The van der Waals surface area contributed by atoms with Crippen LogP contribution in [0.3, 0.4) is 0 Å². The molecule has 1 rings (SSSR count). The van der Waals surface area contributed by atoms with Gasteiger partial charge in [-0.1, -0.05) is 0 Å². The van der Waals surface area contributed by atoms with Crippen molar-refractivity contribution < 1.29 is 14.7 Å². The van der Waals surface area contributed by atoms with Crippen LogP contribution < -0.4 is 10.6 Å². The second-order valence-electron chi connectivity index (χ2n) is 5.87. The Morgan fingerprint density at radius 2 is 2.05 bits per heavy atom. The van der Waals surface area contributed by atoms with Crippen LogP contribution in [-0.2, 0) is 4.79 Å². The Labute approximate surface area is 120 Å². The second kappa shape index (κ2) is 8.09. The van der Waals surface area contributed by atoms with Gasteiger partial charge in [-0.2, -0.15) is 0 Å². The molecule has 0 bridgehead atoms. The lowest BCUT2D eigenvalue weighted by Gasteiger charge is -2.21. The average Bonchev–Trinajstić information content (AvgIpc) is 2.82. The summed E-state index contributed by atoms with van der Waals surface area (Å²) in [5.74, 6) is -1.06. The van der Waals surface area contributed by atoms with Gasteiger partial charge in [0.1, 0.15) is 0 Å². The fourth-order valence-corrected chi connectivity index (χ4v) is 2.36. The van der Waals surface area contributed by atoms with Crippen molar-refractivity contribution in [2.24, 2.45) is 5.92 Å². The molecule has 0 aromatic heterocycles. The van der Waals surface area contributed by atoms with Crippen LogP contribution in [0.15, 0.2) is 0 Å². The normalized spacial score (nSPS) is 22.2. The Morgan fingerprint density at radius 3 is 2.60 bits per heavy atom. The van der Waals surface area contributed by atoms with Crippen molar-refractivity contribution in [2.45, 2.75) is 51.6 Å². The van der Waals surface area contributed by atoms with Crippen LogP contribution in [0.25, 0.3) is 0 Å². The Balaban J connectivity index is 2.11. The molecule has 1 fully saturated rings. The number of carbonyl (C=O) groups is 2. The monoisotopic (exact) mass is 285 g/mol. The molecule has 2 amide bonds. The van der Waals surface area contributed by atoms with E-state index in [-0.39, 0.29) is 18.0 Å². The van der Waals surface area contributed by atoms with E-state index in [1.165, 1.54) is 0 Å². The van der Waals surface area contributed by atoms with Gasteiger partial charge in [-0.25, -0.2) is 4.79 Å². The van der Waals surface area contributed by atoms with Gasteiger partial charge in [0.2, 0.25) is 0 Å². The van der Waals surface area contributed by atoms with Gasteiger partial charge < -0.3 is 20.6 Å². The third-order valence-electron chi connectivity index (χ3n) is 3.97. The molecule has 0 aromatic rings. The fourth-order valence-electron chi connectivity index (χ4n) is 2.36. The molecule has 2 atom stereocenters. The van der Waals surface area contributed by atoms with E-state index in [1.54, 1.807) is 0 Å². The minimum Gasteiger partial charge on any atom is -0.481 e. The molecule has 20 heavy (non-hydrogen) atoms. The first kappa shape index (κ1) is 16.8. The zero-order chi connectivity index (χ0) is 15.1. The number of hydrogen-bond acceptors (Lipinski definition) is 3. The highest BCUT2D eigenvalue weighted by Crippen LogP contribution is 2.25. The van der Waals surface area contributed by atoms with Crippen molar-refractivity contribution in [1.82, 2.24) is 15.5 Å². The minimum absolute atomic E-state index is 0.00515. The SMILES string of the molecule is CC(C)N(C)CCCNC(=O)N[C@H]1CC[C@@H](C(=O)O)C1. The van der Waals surface area contributed by atoms with E-state index in [0.29, 0.717) is 25.4 Å². The van der Waals surface area contributed by atoms with Crippen molar-refractivity contribution in [2.75, 3.05) is 20.1 Å². The molecule has 116 valence electrons. The second-order valence-corrected chi connectivity index (χ2v) is 5.87. The first-order chi connectivity index (χ1) is 9.40. The van der Waals surface area contributed by atoms with Crippen LogP contribution in [0.2, 0.25) is 0 Å². The molecule has 0 heterocycles. The summed E-state index contributed by atoms with van der Waals surface area (Å²) in [5, 5.41) is 14.6. The maximum atomic E-state index is 11.7. The molecule has 0 unspecified atom stereocenters. The molecule has 1 aliphatic rings. The molecular weight excluding hydrogens is 258 g/mol. The average molecular weight is 285 g/mol. The van der Waals surface area contributed by atoms with Crippen LogP contribution in [0, 0.1) is 5.92 Å². The highest BCUT2D eigenvalue weighted by molar-refractivity contribution is 5.75. The largest absolute Gasteiger partial charge is 0.481 e. The van der Waals surface area contributed by atoms with Crippen LogP contribution in [0.1, 0.15) is 39.5 Å². The zero-order valence-corrected chi connectivity index (χ0v) is 12.7. The molecule has 6 heteroatoms. The van der Waals surface area contributed by atoms with Gasteiger partial charge in [0.15, 0.2) is 0 Å². The predicted molar refractivity (Wildman–Crippen MR) is 77.7 cm³/mol. The summed E-state index contributed by atoms with van der Waals surface area (Å²) in [6, 6.07) is 0.318. The number of rotatable bonds is 7. The van der Waals surface area contributed by atoms with E-state index in [1.807, 2.05) is 0 Å². The van der Waals surface area contributed by atoms with E-state index < -0.39 is 5.97 Å². The van der Waals surface area contributed by atoms with E-state index in [0.717, 1.165) is 19.4 Å². The van der Waals surface area contributed by atoms with Gasteiger partial charge in [-0.15, -0.1) is 0 Å². The molecule has 0 aliphatic heterocycles. The molecule has 1 aliphatic carbocycles. The lowest BCUT2D eigenvalue weighted by atomic mass is 10.1. The molecular formula is C14H27N3O3. The number of aliphatic carboxylic acids is 1. The molecule has 3 N–H and O–H groups in total. The topological polar surface area (TPSA) is 81.7 Å². The molecule has 0 radical (unpaired) electrons.